The summed E-state index contributed by atoms with van der Waals surface area (Å²) < 4.78 is 0. The Balaban J connectivity index is 2.85. The quantitative estimate of drug-likeness (QED) is 0.269. The predicted molar refractivity (Wildman–Crippen MR) is 59.0 cm³/mol. The number of nitrogens with two attached hydrogens (primary N) is 1. The summed E-state index contributed by atoms with van der Waals surface area (Å²) in [7, 11) is 0. The van der Waals surface area contributed by atoms with Crippen LogP contribution in [0, 0.1) is 5.41 Å². The Hall–Kier alpha value is -1.30. The highest BCUT2D eigenvalue weighted by molar-refractivity contribution is 6.06. The van der Waals surface area contributed by atoms with Crippen molar-refractivity contribution in [3.8, 4) is 0 Å². The molecule has 0 saturated carbocycles. The third kappa shape index (κ3) is 2.11. The van der Waals surface area contributed by atoms with Crippen LogP contribution in [0.4, 0.5) is 0 Å². The maximum Gasteiger partial charge on any atom is 0.236 e. The van der Waals surface area contributed by atoms with Gasteiger partial charge >= 0.3 is 0 Å². The molecule has 1 amide bonds. The number of aliphatic hydroxyl groups excluding tert-OH is 1. The number of β-amino-alcohol motifs (C(OH)–C–C–N with tert-alkyl or cyclic N) is 1. The van der Waals surface area contributed by atoms with Crippen molar-refractivity contribution in [1.82, 2.24) is 4.90 Å². The van der Waals surface area contributed by atoms with E-state index in [1.165, 1.54) is 0 Å². The molecule has 1 aliphatic rings. The first-order chi connectivity index (χ1) is 7.45. The van der Waals surface area contributed by atoms with Gasteiger partial charge < -0.3 is 20.9 Å². The zero-order valence-corrected chi connectivity index (χ0v) is 9.68. The lowest BCUT2D eigenvalue weighted by atomic mass is 9.84. The van der Waals surface area contributed by atoms with Gasteiger partial charge in [-0.3, -0.25) is 4.79 Å². The number of carbonyl (C=O) groups is 1. The molecule has 0 aromatic rings. The van der Waals surface area contributed by atoms with Crippen LogP contribution in [0.15, 0.2) is 5.16 Å². The minimum absolute atomic E-state index is 0.0820. The van der Waals surface area contributed by atoms with Gasteiger partial charge in [-0.1, -0.05) is 12.1 Å². The Morgan fingerprint density at radius 1 is 1.69 bits per heavy atom. The van der Waals surface area contributed by atoms with Crippen molar-refractivity contribution in [2.24, 2.45) is 16.3 Å². The van der Waals surface area contributed by atoms with Gasteiger partial charge in [0.05, 0.1) is 6.10 Å². The molecule has 0 radical (unpaired) electrons. The minimum Gasteiger partial charge on any atom is -0.409 e. The highest BCUT2D eigenvalue weighted by Crippen LogP contribution is 2.26. The van der Waals surface area contributed by atoms with E-state index < -0.39 is 11.5 Å². The molecule has 2 atom stereocenters. The van der Waals surface area contributed by atoms with E-state index >= 15 is 0 Å². The van der Waals surface area contributed by atoms with E-state index in [1.54, 1.807) is 11.8 Å². The van der Waals surface area contributed by atoms with E-state index in [-0.39, 0.29) is 11.7 Å². The Morgan fingerprint density at radius 2 is 2.31 bits per heavy atom. The second kappa shape index (κ2) is 4.69. The van der Waals surface area contributed by atoms with Gasteiger partial charge in [0.15, 0.2) is 5.84 Å². The van der Waals surface area contributed by atoms with Crippen LogP contribution in [0.5, 0.6) is 0 Å². The summed E-state index contributed by atoms with van der Waals surface area (Å²) in [6, 6.07) is 0. The molecule has 16 heavy (non-hydrogen) atoms. The summed E-state index contributed by atoms with van der Waals surface area (Å²) >= 11 is 0. The summed E-state index contributed by atoms with van der Waals surface area (Å²) in [4.78, 5) is 13.7. The Kier molecular flexibility index (Phi) is 3.74. The molecule has 6 nitrogen and oxygen atoms in total. The number of rotatable bonds is 3. The molecule has 1 heterocycles. The minimum atomic E-state index is -0.987. The topological polar surface area (TPSA) is 99.2 Å². The van der Waals surface area contributed by atoms with E-state index in [2.05, 4.69) is 5.16 Å². The number of oxime groups is 1. The van der Waals surface area contributed by atoms with Crippen molar-refractivity contribution in [2.45, 2.75) is 32.8 Å². The number of hydrogen-bond donors (Lipinski definition) is 3. The van der Waals surface area contributed by atoms with Crippen LogP contribution in [0.1, 0.15) is 26.7 Å². The SMILES string of the molecule is CCC(C)(C(=O)N1CCC(O)C1)C(N)=NO. The fourth-order valence-corrected chi connectivity index (χ4v) is 1.83. The van der Waals surface area contributed by atoms with Gasteiger partial charge in [0, 0.05) is 13.1 Å². The molecule has 0 aromatic carbocycles. The summed E-state index contributed by atoms with van der Waals surface area (Å²) in [5, 5.41) is 21.0. The van der Waals surface area contributed by atoms with Crippen molar-refractivity contribution >= 4 is 11.7 Å². The number of carbonyl (C=O) groups excluding carboxylic acids is 1. The van der Waals surface area contributed by atoms with Gasteiger partial charge in [0.1, 0.15) is 5.41 Å². The average Bonchev–Trinajstić information content (AvgIpc) is 2.72. The van der Waals surface area contributed by atoms with Crippen LogP contribution in [-0.4, -0.2) is 46.1 Å². The molecule has 2 unspecified atom stereocenters. The normalized spacial score (nSPS) is 25.6. The third-order valence-electron chi connectivity index (χ3n) is 3.30. The molecular formula is C10H19N3O3. The molecular weight excluding hydrogens is 210 g/mol. The smallest absolute Gasteiger partial charge is 0.236 e. The van der Waals surface area contributed by atoms with Crippen LogP contribution in [0.3, 0.4) is 0 Å². The van der Waals surface area contributed by atoms with Gasteiger partial charge in [-0.15, -0.1) is 0 Å². The lowest BCUT2D eigenvalue weighted by molar-refractivity contribution is -0.137. The van der Waals surface area contributed by atoms with Gasteiger partial charge in [0.25, 0.3) is 0 Å². The first kappa shape index (κ1) is 12.8. The molecule has 0 bridgehead atoms. The Labute approximate surface area is 94.7 Å². The molecule has 1 fully saturated rings. The second-order valence-corrected chi connectivity index (χ2v) is 4.36. The summed E-state index contributed by atoms with van der Waals surface area (Å²) in [6.07, 6.45) is 0.577. The van der Waals surface area contributed by atoms with Crippen LogP contribution in [-0.2, 0) is 4.79 Å². The zero-order valence-electron chi connectivity index (χ0n) is 9.68. The lowest BCUT2D eigenvalue weighted by Crippen LogP contribution is -2.49. The zero-order chi connectivity index (χ0) is 12.3. The maximum atomic E-state index is 12.2. The van der Waals surface area contributed by atoms with Crippen LogP contribution >= 0.6 is 0 Å². The summed E-state index contributed by atoms with van der Waals surface area (Å²) in [5.74, 6) is -0.275. The van der Waals surface area contributed by atoms with Gasteiger partial charge in [0.2, 0.25) is 5.91 Å². The first-order valence-electron chi connectivity index (χ1n) is 5.41. The largest absolute Gasteiger partial charge is 0.409 e. The number of amidine groups is 1. The van der Waals surface area contributed by atoms with Crippen molar-refractivity contribution in [1.29, 1.82) is 0 Å². The standard InChI is InChI=1S/C10H19N3O3/c1-3-10(2,8(11)12-16)9(15)13-5-4-7(14)6-13/h7,14,16H,3-6H2,1-2H3,(H2,11,12). The number of likely N-dealkylation sites (tertiary alicyclic amines) is 1. The molecule has 0 aromatic heterocycles. The fourth-order valence-electron chi connectivity index (χ4n) is 1.83. The Bertz CT molecular complexity index is 306. The van der Waals surface area contributed by atoms with Gasteiger partial charge in [-0.05, 0) is 19.8 Å². The molecule has 0 spiro atoms. The van der Waals surface area contributed by atoms with Crippen LogP contribution < -0.4 is 5.73 Å². The average molecular weight is 229 g/mol. The number of hydrogen-bond acceptors (Lipinski definition) is 4. The molecule has 1 rings (SSSR count). The van der Waals surface area contributed by atoms with E-state index in [1.807, 2.05) is 6.92 Å². The Morgan fingerprint density at radius 3 is 2.69 bits per heavy atom. The molecule has 1 aliphatic heterocycles. The first-order valence-corrected chi connectivity index (χ1v) is 5.41. The van der Waals surface area contributed by atoms with E-state index in [0.29, 0.717) is 25.9 Å². The fraction of sp³-hybridized carbons (Fsp3) is 0.800. The van der Waals surface area contributed by atoms with Gasteiger partial charge in [-0.25, -0.2) is 0 Å². The molecule has 0 aliphatic carbocycles. The maximum absolute atomic E-state index is 12.2. The van der Waals surface area contributed by atoms with Gasteiger partial charge in [-0.2, -0.15) is 0 Å². The predicted octanol–water partition coefficient (Wildman–Crippen LogP) is -0.258. The highest BCUT2D eigenvalue weighted by atomic mass is 16.4. The second-order valence-electron chi connectivity index (χ2n) is 4.36. The monoisotopic (exact) mass is 229 g/mol. The number of aliphatic hydroxyl groups is 1. The van der Waals surface area contributed by atoms with Crippen molar-refractivity contribution in [2.75, 3.05) is 13.1 Å². The summed E-state index contributed by atoms with van der Waals surface area (Å²) in [6.45, 7) is 4.30. The number of amides is 1. The lowest BCUT2D eigenvalue weighted by Gasteiger charge is -2.30. The van der Waals surface area contributed by atoms with E-state index in [4.69, 9.17) is 10.9 Å². The van der Waals surface area contributed by atoms with E-state index in [9.17, 15) is 9.90 Å². The number of nitrogens with zero attached hydrogens (tertiary/aromatic N) is 2. The molecule has 4 N–H and O–H groups in total. The van der Waals surface area contributed by atoms with Crippen molar-refractivity contribution in [3.63, 3.8) is 0 Å². The van der Waals surface area contributed by atoms with Crippen molar-refractivity contribution in [3.05, 3.63) is 0 Å². The van der Waals surface area contributed by atoms with Crippen LogP contribution in [0.2, 0.25) is 0 Å². The highest BCUT2D eigenvalue weighted by Gasteiger charge is 2.41. The molecule has 92 valence electrons. The van der Waals surface area contributed by atoms with Crippen LogP contribution in [0.25, 0.3) is 0 Å². The van der Waals surface area contributed by atoms with E-state index in [0.717, 1.165) is 0 Å². The van der Waals surface area contributed by atoms with Crippen molar-refractivity contribution < 1.29 is 15.1 Å². The molecule has 6 heteroatoms. The summed E-state index contributed by atoms with van der Waals surface area (Å²) in [5.41, 5.74) is 4.57. The molecule has 1 saturated heterocycles. The third-order valence-corrected chi connectivity index (χ3v) is 3.30.